The van der Waals surface area contributed by atoms with E-state index < -0.39 is 5.60 Å². The molecule has 0 spiro atoms. The Labute approximate surface area is 89.7 Å². The number of halogens is 1. The van der Waals surface area contributed by atoms with Crippen LogP contribution >= 0.6 is 0 Å². The lowest BCUT2D eigenvalue weighted by Gasteiger charge is -2.25. The van der Waals surface area contributed by atoms with Gasteiger partial charge in [0.25, 0.3) is 0 Å². The molecule has 1 atom stereocenters. The maximum Gasteiger partial charge on any atom is 0.123 e. The highest BCUT2D eigenvalue weighted by Crippen LogP contribution is 2.27. The van der Waals surface area contributed by atoms with E-state index in [0.29, 0.717) is 13.0 Å². The molecule has 1 unspecified atom stereocenters. The van der Waals surface area contributed by atoms with E-state index in [1.165, 1.54) is 12.1 Å². The fourth-order valence-electron chi connectivity index (χ4n) is 1.67. The summed E-state index contributed by atoms with van der Waals surface area (Å²) in [6.07, 6.45) is 0.496. The van der Waals surface area contributed by atoms with Crippen molar-refractivity contribution in [1.29, 1.82) is 0 Å². The predicted octanol–water partition coefficient (Wildman–Crippen LogP) is 2.38. The summed E-state index contributed by atoms with van der Waals surface area (Å²) in [6, 6.07) is 4.42. The number of benzene rings is 1. The Hall–Kier alpha value is -0.930. The van der Waals surface area contributed by atoms with E-state index in [0.717, 1.165) is 11.1 Å². The van der Waals surface area contributed by atoms with Crippen molar-refractivity contribution >= 4 is 0 Å². The third-order valence-electron chi connectivity index (χ3n) is 2.56. The minimum Gasteiger partial charge on any atom is -0.385 e. The number of rotatable bonds is 4. The fourth-order valence-corrected chi connectivity index (χ4v) is 1.67. The first-order valence-electron chi connectivity index (χ1n) is 4.95. The minimum absolute atomic E-state index is 0.279. The molecule has 0 saturated heterocycles. The molecule has 3 heteroatoms. The van der Waals surface area contributed by atoms with Gasteiger partial charge in [0, 0.05) is 20.1 Å². The van der Waals surface area contributed by atoms with Gasteiger partial charge in [0.15, 0.2) is 0 Å². The second kappa shape index (κ2) is 4.73. The Morgan fingerprint density at radius 3 is 2.67 bits per heavy atom. The quantitative estimate of drug-likeness (QED) is 0.830. The monoisotopic (exact) mass is 212 g/mol. The van der Waals surface area contributed by atoms with Gasteiger partial charge in [-0.05, 0) is 37.1 Å². The summed E-state index contributed by atoms with van der Waals surface area (Å²) >= 11 is 0. The van der Waals surface area contributed by atoms with Crippen LogP contribution in [0.4, 0.5) is 4.39 Å². The first-order valence-corrected chi connectivity index (χ1v) is 4.95. The van der Waals surface area contributed by atoms with Crippen LogP contribution < -0.4 is 0 Å². The Bertz CT molecular complexity index is 334. The van der Waals surface area contributed by atoms with Crippen molar-refractivity contribution in [2.24, 2.45) is 0 Å². The predicted molar refractivity (Wildman–Crippen MR) is 57.2 cm³/mol. The summed E-state index contributed by atoms with van der Waals surface area (Å²) < 4.78 is 17.8. The van der Waals surface area contributed by atoms with E-state index in [9.17, 15) is 9.50 Å². The van der Waals surface area contributed by atoms with Crippen LogP contribution in [0.25, 0.3) is 0 Å². The zero-order valence-electron chi connectivity index (χ0n) is 9.38. The van der Waals surface area contributed by atoms with Gasteiger partial charge in [-0.2, -0.15) is 0 Å². The van der Waals surface area contributed by atoms with Crippen LogP contribution in [0.2, 0.25) is 0 Å². The van der Waals surface area contributed by atoms with Gasteiger partial charge in [-0.25, -0.2) is 4.39 Å². The average Bonchev–Trinajstić information content (AvgIpc) is 2.14. The van der Waals surface area contributed by atoms with E-state index in [4.69, 9.17) is 4.74 Å². The molecular formula is C12H17FO2. The minimum atomic E-state index is -0.964. The summed E-state index contributed by atoms with van der Waals surface area (Å²) in [6.45, 7) is 3.98. The lowest BCUT2D eigenvalue weighted by atomic mass is 9.89. The largest absolute Gasteiger partial charge is 0.385 e. The van der Waals surface area contributed by atoms with Gasteiger partial charge in [0.2, 0.25) is 0 Å². The SMILES string of the molecule is COCCC(C)(O)c1ccc(F)cc1C. The Morgan fingerprint density at radius 1 is 1.47 bits per heavy atom. The zero-order valence-corrected chi connectivity index (χ0v) is 9.38. The van der Waals surface area contributed by atoms with Crippen molar-refractivity contribution in [2.45, 2.75) is 25.9 Å². The number of aliphatic hydroxyl groups is 1. The smallest absolute Gasteiger partial charge is 0.123 e. The first kappa shape index (κ1) is 12.1. The normalized spacial score (nSPS) is 15.0. The molecule has 0 heterocycles. The highest BCUT2D eigenvalue weighted by molar-refractivity contribution is 5.31. The topological polar surface area (TPSA) is 29.5 Å². The first-order chi connectivity index (χ1) is 6.97. The maximum absolute atomic E-state index is 12.9. The van der Waals surface area contributed by atoms with Crippen molar-refractivity contribution in [2.75, 3.05) is 13.7 Å². The molecule has 0 bridgehead atoms. The van der Waals surface area contributed by atoms with Crippen molar-refractivity contribution in [3.63, 3.8) is 0 Å². The Balaban J connectivity index is 2.93. The summed E-state index contributed by atoms with van der Waals surface area (Å²) in [5.74, 6) is -0.279. The molecule has 84 valence electrons. The molecule has 0 aromatic heterocycles. The summed E-state index contributed by atoms with van der Waals surface area (Å²) in [5, 5.41) is 10.2. The van der Waals surface area contributed by atoms with Crippen molar-refractivity contribution in [3.8, 4) is 0 Å². The number of hydrogen-bond acceptors (Lipinski definition) is 2. The number of aryl methyl sites for hydroxylation is 1. The second-order valence-electron chi connectivity index (χ2n) is 3.98. The Kier molecular flexibility index (Phi) is 3.83. The van der Waals surface area contributed by atoms with Gasteiger partial charge >= 0.3 is 0 Å². The van der Waals surface area contributed by atoms with E-state index in [1.54, 1.807) is 27.0 Å². The van der Waals surface area contributed by atoms with Gasteiger partial charge in [0.05, 0.1) is 5.60 Å². The van der Waals surface area contributed by atoms with Crippen LogP contribution in [0, 0.1) is 12.7 Å². The molecule has 1 aromatic rings. The highest BCUT2D eigenvalue weighted by Gasteiger charge is 2.24. The third-order valence-corrected chi connectivity index (χ3v) is 2.56. The van der Waals surface area contributed by atoms with Crippen LogP contribution in [0.5, 0.6) is 0 Å². The third kappa shape index (κ3) is 3.01. The molecule has 1 aromatic carbocycles. The molecule has 0 fully saturated rings. The van der Waals surface area contributed by atoms with Crippen molar-refractivity contribution in [3.05, 3.63) is 35.1 Å². The van der Waals surface area contributed by atoms with E-state index in [2.05, 4.69) is 0 Å². The fraction of sp³-hybridized carbons (Fsp3) is 0.500. The van der Waals surface area contributed by atoms with Gasteiger partial charge in [0.1, 0.15) is 5.82 Å². The molecule has 0 radical (unpaired) electrons. The summed E-state index contributed by atoms with van der Waals surface area (Å²) in [4.78, 5) is 0. The van der Waals surface area contributed by atoms with Gasteiger partial charge in [-0.1, -0.05) is 6.07 Å². The van der Waals surface area contributed by atoms with Crippen LogP contribution in [-0.2, 0) is 10.3 Å². The van der Waals surface area contributed by atoms with Gasteiger partial charge in [-0.3, -0.25) is 0 Å². The van der Waals surface area contributed by atoms with Crippen LogP contribution in [0.3, 0.4) is 0 Å². The van der Waals surface area contributed by atoms with E-state index >= 15 is 0 Å². The summed E-state index contributed by atoms with van der Waals surface area (Å²) in [7, 11) is 1.59. The van der Waals surface area contributed by atoms with Crippen molar-refractivity contribution < 1.29 is 14.2 Å². The molecule has 0 aliphatic carbocycles. The second-order valence-corrected chi connectivity index (χ2v) is 3.98. The Morgan fingerprint density at radius 2 is 2.13 bits per heavy atom. The molecule has 1 rings (SSSR count). The van der Waals surface area contributed by atoms with Crippen molar-refractivity contribution in [1.82, 2.24) is 0 Å². The molecular weight excluding hydrogens is 195 g/mol. The van der Waals surface area contributed by atoms with Crippen LogP contribution in [0.15, 0.2) is 18.2 Å². The highest BCUT2D eigenvalue weighted by atomic mass is 19.1. The van der Waals surface area contributed by atoms with E-state index in [-0.39, 0.29) is 5.82 Å². The number of ether oxygens (including phenoxy) is 1. The standard InChI is InChI=1S/C12H17FO2/c1-9-8-10(13)4-5-11(9)12(2,14)6-7-15-3/h4-5,8,14H,6-7H2,1-3H3. The van der Waals surface area contributed by atoms with Gasteiger partial charge < -0.3 is 9.84 Å². The molecule has 2 nitrogen and oxygen atoms in total. The van der Waals surface area contributed by atoms with Gasteiger partial charge in [-0.15, -0.1) is 0 Å². The molecule has 15 heavy (non-hydrogen) atoms. The molecule has 0 saturated carbocycles. The molecule has 0 aliphatic rings. The average molecular weight is 212 g/mol. The van der Waals surface area contributed by atoms with E-state index in [1.807, 2.05) is 0 Å². The molecule has 1 N–H and O–H groups in total. The maximum atomic E-state index is 12.9. The zero-order chi connectivity index (χ0) is 11.5. The number of methoxy groups -OCH3 is 1. The molecule has 0 aliphatic heterocycles. The summed E-state index contributed by atoms with van der Waals surface area (Å²) in [5.41, 5.74) is 0.547. The van der Waals surface area contributed by atoms with Crippen LogP contribution in [0.1, 0.15) is 24.5 Å². The van der Waals surface area contributed by atoms with Crippen LogP contribution in [-0.4, -0.2) is 18.8 Å². The lowest BCUT2D eigenvalue weighted by molar-refractivity contribution is 0.0205. The lowest BCUT2D eigenvalue weighted by Crippen LogP contribution is -2.24. The number of hydrogen-bond donors (Lipinski definition) is 1. The molecule has 0 amide bonds.